The fourth-order valence-electron chi connectivity index (χ4n) is 4.52. The molecule has 1 aliphatic heterocycles. The Labute approximate surface area is 162 Å². The molecule has 6 nitrogen and oxygen atoms in total. The highest BCUT2D eigenvalue weighted by atomic mass is 16.5. The maximum Gasteiger partial charge on any atom is 0.268 e. The predicted octanol–water partition coefficient (Wildman–Crippen LogP) is 2.71. The summed E-state index contributed by atoms with van der Waals surface area (Å²) < 4.78 is 5.75. The molecule has 1 aromatic heterocycles. The van der Waals surface area contributed by atoms with Crippen LogP contribution in [-0.4, -0.2) is 60.0 Å². The zero-order valence-electron chi connectivity index (χ0n) is 17.3. The Morgan fingerprint density at radius 1 is 1.26 bits per heavy atom. The molecule has 2 atom stereocenters. The Hall–Kier alpha value is -1.66. The summed E-state index contributed by atoms with van der Waals surface area (Å²) in [7, 11) is 0. The number of aromatic amines is 1. The van der Waals surface area contributed by atoms with Crippen molar-refractivity contribution in [2.75, 3.05) is 26.2 Å². The number of amides is 1. The van der Waals surface area contributed by atoms with Gasteiger partial charge in [-0.2, -0.15) is 0 Å². The van der Waals surface area contributed by atoms with Gasteiger partial charge in [-0.05, 0) is 44.6 Å². The first kappa shape index (κ1) is 20.1. The molecule has 1 saturated heterocycles. The molecule has 0 bridgehead atoms. The molecule has 0 spiro atoms. The minimum atomic E-state index is -0.115. The number of ketones is 1. The molecule has 150 valence electrons. The van der Waals surface area contributed by atoms with Crippen LogP contribution < -0.4 is 5.32 Å². The minimum absolute atomic E-state index is 0.0540. The molecule has 0 saturated carbocycles. The molecule has 1 fully saturated rings. The lowest BCUT2D eigenvalue weighted by Crippen LogP contribution is -2.46. The van der Waals surface area contributed by atoms with Crippen molar-refractivity contribution in [1.82, 2.24) is 15.2 Å². The maximum absolute atomic E-state index is 12.6. The van der Waals surface area contributed by atoms with E-state index >= 15 is 0 Å². The van der Waals surface area contributed by atoms with Crippen molar-refractivity contribution in [2.45, 2.75) is 66.1 Å². The molecule has 2 aliphatic rings. The highest BCUT2D eigenvalue weighted by molar-refractivity contribution is 6.04. The minimum Gasteiger partial charge on any atom is -0.373 e. The number of morpholine rings is 1. The molecule has 1 aromatic rings. The molecule has 0 aromatic carbocycles. The third kappa shape index (κ3) is 4.61. The smallest absolute Gasteiger partial charge is 0.268 e. The number of nitrogens with zero attached hydrogens (tertiary/aromatic N) is 1. The van der Waals surface area contributed by atoms with Crippen LogP contribution in [0.3, 0.4) is 0 Å². The van der Waals surface area contributed by atoms with Gasteiger partial charge in [0.05, 0.1) is 12.2 Å². The molecule has 1 aliphatic carbocycles. The summed E-state index contributed by atoms with van der Waals surface area (Å²) in [5, 5.41) is 3.01. The highest BCUT2D eigenvalue weighted by Crippen LogP contribution is 2.36. The normalized spacial score (nSPS) is 25.3. The molecule has 2 heterocycles. The summed E-state index contributed by atoms with van der Waals surface area (Å²) in [5.74, 6) is 0.0285. The van der Waals surface area contributed by atoms with Crippen LogP contribution >= 0.6 is 0 Å². The standard InChI is InChI=1S/C21H33N3O3/c1-13-11-24(12-14(2)27-13)8-6-7-22-20(26)19-15(3)18-16(23-19)9-21(4,5)10-17(18)25/h13-14,23H,6-12H2,1-5H3,(H,22,26). The molecule has 3 rings (SSSR count). The number of H-pyrrole nitrogens is 1. The van der Waals surface area contributed by atoms with Crippen molar-refractivity contribution in [3.05, 3.63) is 22.5 Å². The van der Waals surface area contributed by atoms with Crippen LogP contribution in [0.25, 0.3) is 0 Å². The van der Waals surface area contributed by atoms with Gasteiger partial charge in [-0.3, -0.25) is 14.5 Å². The van der Waals surface area contributed by atoms with Gasteiger partial charge >= 0.3 is 0 Å². The van der Waals surface area contributed by atoms with Crippen LogP contribution in [0.5, 0.6) is 0 Å². The lowest BCUT2D eigenvalue weighted by molar-refractivity contribution is -0.0680. The van der Waals surface area contributed by atoms with Gasteiger partial charge in [-0.1, -0.05) is 13.8 Å². The Morgan fingerprint density at radius 2 is 1.93 bits per heavy atom. The van der Waals surface area contributed by atoms with E-state index in [9.17, 15) is 9.59 Å². The molecular formula is C21H33N3O3. The van der Waals surface area contributed by atoms with Gasteiger partial charge in [0.15, 0.2) is 5.78 Å². The number of nitrogens with one attached hydrogen (secondary N) is 2. The second-order valence-electron chi connectivity index (χ2n) is 9.05. The number of ether oxygens (including phenoxy) is 1. The Morgan fingerprint density at radius 3 is 2.59 bits per heavy atom. The van der Waals surface area contributed by atoms with Crippen LogP contribution in [-0.2, 0) is 11.2 Å². The third-order valence-electron chi connectivity index (χ3n) is 5.56. The van der Waals surface area contributed by atoms with E-state index in [-0.39, 0.29) is 29.3 Å². The lowest BCUT2D eigenvalue weighted by atomic mass is 9.75. The van der Waals surface area contributed by atoms with Crippen molar-refractivity contribution in [3.63, 3.8) is 0 Å². The van der Waals surface area contributed by atoms with Crippen molar-refractivity contribution in [2.24, 2.45) is 5.41 Å². The van der Waals surface area contributed by atoms with Gasteiger partial charge < -0.3 is 15.0 Å². The molecule has 6 heteroatoms. The summed E-state index contributed by atoms with van der Waals surface area (Å²) in [6.45, 7) is 13.7. The summed E-state index contributed by atoms with van der Waals surface area (Å²) in [4.78, 5) is 30.7. The van der Waals surface area contributed by atoms with Crippen LogP contribution in [0.4, 0.5) is 0 Å². The molecule has 27 heavy (non-hydrogen) atoms. The first-order valence-electron chi connectivity index (χ1n) is 10.1. The number of aromatic nitrogens is 1. The lowest BCUT2D eigenvalue weighted by Gasteiger charge is -2.35. The average Bonchev–Trinajstić information content (AvgIpc) is 2.86. The quantitative estimate of drug-likeness (QED) is 0.776. The molecular weight excluding hydrogens is 342 g/mol. The van der Waals surface area contributed by atoms with Crippen molar-refractivity contribution >= 4 is 11.7 Å². The van der Waals surface area contributed by atoms with Crippen LogP contribution in [0.15, 0.2) is 0 Å². The zero-order valence-corrected chi connectivity index (χ0v) is 17.3. The van der Waals surface area contributed by atoms with Crippen molar-refractivity contribution in [1.29, 1.82) is 0 Å². The van der Waals surface area contributed by atoms with Gasteiger partial charge in [0.25, 0.3) is 5.91 Å². The zero-order chi connectivity index (χ0) is 19.8. The predicted molar refractivity (Wildman–Crippen MR) is 105 cm³/mol. The second kappa shape index (κ2) is 7.76. The topological polar surface area (TPSA) is 74.4 Å². The summed E-state index contributed by atoms with van der Waals surface area (Å²) in [6.07, 6.45) is 2.76. The fourth-order valence-corrected chi connectivity index (χ4v) is 4.52. The molecule has 2 unspecified atom stereocenters. The maximum atomic E-state index is 12.6. The number of hydrogen-bond donors (Lipinski definition) is 2. The van der Waals surface area contributed by atoms with E-state index in [1.54, 1.807) is 0 Å². The summed E-state index contributed by atoms with van der Waals surface area (Å²) in [5.41, 5.74) is 2.92. The second-order valence-corrected chi connectivity index (χ2v) is 9.05. The van der Waals surface area contributed by atoms with Gasteiger partial charge in [-0.15, -0.1) is 0 Å². The van der Waals surface area contributed by atoms with Gasteiger partial charge in [-0.25, -0.2) is 0 Å². The van der Waals surface area contributed by atoms with Crippen LogP contribution in [0.1, 0.15) is 72.6 Å². The average molecular weight is 376 g/mol. The van der Waals surface area contributed by atoms with Gasteiger partial charge in [0.1, 0.15) is 5.69 Å². The number of carbonyl (C=O) groups excluding carboxylic acids is 2. The summed E-state index contributed by atoms with van der Waals surface area (Å²) in [6, 6.07) is 0. The largest absolute Gasteiger partial charge is 0.373 e. The van der Waals surface area contributed by atoms with E-state index in [4.69, 9.17) is 4.74 Å². The SMILES string of the molecule is Cc1c(C(=O)NCCCN2CC(C)OC(C)C2)[nH]c2c1C(=O)CC(C)(C)C2. The van der Waals surface area contributed by atoms with E-state index in [1.165, 1.54) is 0 Å². The van der Waals surface area contributed by atoms with Crippen molar-refractivity contribution in [3.8, 4) is 0 Å². The van der Waals surface area contributed by atoms with E-state index < -0.39 is 0 Å². The Bertz CT molecular complexity index is 712. The van der Waals surface area contributed by atoms with E-state index in [1.807, 2.05) is 6.92 Å². The number of rotatable bonds is 5. The first-order chi connectivity index (χ1) is 12.7. The fraction of sp³-hybridized carbons (Fsp3) is 0.714. The summed E-state index contributed by atoms with van der Waals surface area (Å²) >= 11 is 0. The number of fused-ring (bicyclic) bond motifs is 1. The van der Waals surface area contributed by atoms with E-state index in [0.717, 1.165) is 49.3 Å². The first-order valence-corrected chi connectivity index (χ1v) is 10.1. The van der Waals surface area contributed by atoms with E-state index in [2.05, 4.69) is 42.9 Å². The highest BCUT2D eigenvalue weighted by Gasteiger charge is 2.35. The van der Waals surface area contributed by atoms with Gasteiger partial charge in [0.2, 0.25) is 0 Å². The van der Waals surface area contributed by atoms with Crippen LogP contribution in [0, 0.1) is 12.3 Å². The molecule has 1 amide bonds. The Kier molecular flexibility index (Phi) is 5.77. The third-order valence-corrected chi connectivity index (χ3v) is 5.56. The van der Waals surface area contributed by atoms with Crippen molar-refractivity contribution < 1.29 is 14.3 Å². The van der Waals surface area contributed by atoms with Crippen LogP contribution in [0.2, 0.25) is 0 Å². The van der Waals surface area contributed by atoms with Gasteiger partial charge in [0, 0.05) is 43.9 Å². The molecule has 2 N–H and O–H groups in total. The number of Topliss-reactive ketones (excluding diaryl/α,β-unsaturated/α-hetero) is 1. The molecule has 0 radical (unpaired) electrons. The Balaban J connectivity index is 1.54. The number of hydrogen-bond acceptors (Lipinski definition) is 4. The van der Waals surface area contributed by atoms with E-state index in [0.29, 0.717) is 18.7 Å². The monoisotopic (exact) mass is 375 g/mol. The number of carbonyl (C=O) groups is 2.